The summed E-state index contributed by atoms with van der Waals surface area (Å²) in [6.45, 7) is 2.90. The van der Waals surface area contributed by atoms with Gasteiger partial charge in [0.15, 0.2) is 0 Å². The summed E-state index contributed by atoms with van der Waals surface area (Å²) in [5, 5.41) is 15.5. The molecule has 0 fully saturated rings. The minimum absolute atomic E-state index is 0.0141. The van der Waals surface area contributed by atoms with Gasteiger partial charge in [0.25, 0.3) is 0 Å². The maximum Gasteiger partial charge on any atom is 0.341 e. The number of carbonyl (C=O) groups excluding carboxylic acids is 2. The van der Waals surface area contributed by atoms with E-state index in [0.717, 1.165) is 0 Å². The molecule has 0 aromatic heterocycles. The third-order valence-corrected chi connectivity index (χ3v) is 2.51. The minimum atomic E-state index is -1.27. The van der Waals surface area contributed by atoms with E-state index in [1.165, 1.54) is 39.2 Å². The predicted octanol–water partition coefficient (Wildman–Crippen LogP) is 2.21. The number of ether oxygens (including phenoxy) is 1. The molecule has 0 spiro atoms. The first kappa shape index (κ1) is 15.3. The van der Waals surface area contributed by atoms with Crippen LogP contribution in [0.25, 0.3) is 10.4 Å². The van der Waals surface area contributed by atoms with Gasteiger partial charge in [0.2, 0.25) is 5.91 Å². The number of hydrogen-bond acceptors (Lipinski definition) is 5. The molecule has 0 atom stereocenters. The lowest BCUT2D eigenvalue weighted by Crippen LogP contribution is -2.34. The van der Waals surface area contributed by atoms with Crippen LogP contribution < -0.4 is 5.32 Å². The van der Waals surface area contributed by atoms with Crippen molar-refractivity contribution in [2.45, 2.75) is 19.4 Å². The topological polar surface area (TPSA) is 124 Å². The summed E-state index contributed by atoms with van der Waals surface area (Å²) in [6, 6.07) is 3.95. The highest BCUT2D eigenvalue weighted by Gasteiger charge is 2.26. The molecule has 20 heavy (non-hydrogen) atoms. The van der Waals surface area contributed by atoms with Crippen LogP contribution in [0.1, 0.15) is 24.2 Å². The number of carbonyl (C=O) groups is 2. The van der Waals surface area contributed by atoms with E-state index in [9.17, 15) is 14.7 Å². The highest BCUT2D eigenvalue weighted by Crippen LogP contribution is 2.23. The predicted molar refractivity (Wildman–Crippen MR) is 71.3 cm³/mol. The van der Waals surface area contributed by atoms with Gasteiger partial charge in [0.05, 0.1) is 7.11 Å². The Hall–Kier alpha value is -2.73. The van der Waals surface area contributed by atoms with Crippen molar-refractivity contribution in [3.05, 3.63) is 34.2 Å². The molecule has 1 rings (SSSR count). The van der Waals surface area contributed by atoms with E-state index < -0.39 is 17.4 Å². The molecular weight excluding hydrogens is 264 g/mol. The number of rotatable bonds is 4. The smallest absolute Gasteiger partial charge is 0.341 e. The molecule has 0 unspecified atom stereocenters. The second-order valence-corrected chi connectivity index (χ2v) is 4.43. The van der Waals surface area contributed by atoms with Crippen LogP contribution in [0.15, 0.2) is 23.3 Å². The molecule has 0 aliphatic rings. The number of esters is 1. The number of hydrogen-bond donors (Lipinski definition) is 2. The van der Waals surface area contributed by atoms with Crippen LogP contribution in [-0.2, 0) is 9.53 Å². The van der Waals surface area contributed by atoms with Gasteiger partial charge in [0, 0.05) is 16.7 Å². The Morgan fingerprint density at radius 2 is 2.10 bits per heavy atom. The van der Waals surface area contributed by atoms with E-state index in [0.29, 0.717) is 0 Å². The van der Waals surface area contributed by atoms with Gasteiger partial charge in [-0.2, -0.15) is 0 Å². The number of phenols is 1. The maximum atomic E-state index is 11.9. The fourth-order valence-electron chi connectivity index (χ4n) is 1.33. The number of nitrogens with zero attached hydrogens (tertiary/aromatic N) is 3. The van der Waals surface area contributed by atoms with Gasteiger partial charge in [0.1, 0.15) is 16.9 Å². The molecule has 0 aliphatic carbocycles. The van der Waals surface area contributed by atoms with Crippen molar-refractivity contribution in [1.82, 2.24) is 0 Å². The molecule has 1 aromatic rings. The first-order chi connectivity index (χ1) is 9.31. The van der Waals surface area contributed by atoms with E-state index >= 15 is 0 Å². The number of aromatic hydroxyl groups is 1. The normalized spacial score (nSPS) is 10.3. The Bertz CT molecular complexity index is 591. The number of benzene rings is 1. The van der Waals surface area contributed by atoms with Crippen molar-refractivity contribution in [1.29, 1.82) is 0 Å². The summed E-state index contributed by atoms with van der Waals surface area (Å²) in [5.74, 6) is -1.55. The molecule has 0 saturated heterocycles. The van der Waals surface area contributed by atoms with Crippen molar-refractivity contribution < 1.29 is 19.4 Å². The summed E-state index contributed by atoms with van der Waals surface area (Å²) in [7, 11) is 1.19. The lowest BCUT2D eigenvalue weighted by Gasteiger charge is -2.17. The van der Waals surface area contributed by atoms with E-state index in [1.54, 1.807) is 0 Å². The Morgan fingerprint density at radius 3 is 2.60 bits per heavy atom. The summed E-state index contributed by atoms with van der Waals surface area (Å²) >= 11 is 0. The Labute approximate surface area is 115 Å². The van der Waals surface area contributed by atoms with Crippen molar-refractivity contribution in [3.8, 4) is 5.75 Å². The number of anilines is 1. The highest BCUT2D eigenvalue weighted by molar-refractivity contribution is 5.99. The zero-order valence-electron chi connectivity index (χ0n) is 11.2. The fraction of sp³-hybridized carbons (Fsp3) is 0.333. The quantitative estimate of drug-likeness (QED) is 0.379. The first-order valence-corrected chi connectivity index (χ1v) is 5.61. The van der Waals surface area contributed by atoms with Gasteiger partial charge >= 0.3 is 5.97 Å². The monoisotopic (exact) mass is 278 g/mol. The number of amides is 1. The van der Waals surface area contributed by atoms with Crippen LogP contribution in [0.4, 0.5) is 5.69 Å². The van der Waals surface area contributed by atoms with Crippen molar-refractivity contribution in [2.75, 3.05) is 12.4 Å². The molecular formula is C12H14N4O4. The van der Waals surface area contributed by atoms with E-state index in [2.05, 4.69) is 20.1 Å². The van der Waals surface area contributed by atoms with Crippen LogP contribution in [-0.4, -0.2) is 29.6 Å². The second-order valence-electron chi connectivity index (χ2n) is 4.43. The highest BCUT2D eigenvalue weighted by atomic mass is 16.5. The van der Waals surface area contributed by atoms with E-state index in [-0.39, 0.29) is 17.0 Å². The Balaban J connectivity index is 2.96. The summed E-state index contributed by atoms with van der Waals surface area (Å²) < 4.78 is 4.48. The fourth-order valence-corrected chi connectivity index (χ4v) is 1.33. The van der Waals surface area contributed by atoms with Crippen molar-refractivity contribution >= 4 is 17.6 Å². The molecule has 8 nitrogen and oxygen atoms in total. The maximum absolute atomic E-state index is 11.9. The molecule has 1 aromatic carbocycles. The van der Waals surface area contributed by atoms with E-state index in [1.807, 2.05) is 0 Å². The number of phenolic OH excluding ortho intramolecular Hbond substituents is 1. The lowest BCUT2D eigenvalue weighted by molar-refractivity contribution is -0.120. The average molecular weight is 278 g/mol. The van der Waals surface area contributed by atoms with Gasteiger partial charge in [-0.15, -0.1) is 0 Å². The Kier molecular flexibility index (Phi) is 4.55. The van der Waals surface area contributed by atoms with Crippen LogP contribution in [0, 0.1) is 0 Å². The van der Waals surface area contributed by atoms with Gasteiger partial charge in [-0.1, -0.05) is 5.11 Å². The molecule has 2 N–H and O–H groups in total. The molecule has 0 radical (unpaired) electrons. The van der Waals surface area contributed by atoms with E-state index in [4.69, 9.17) is 5.53 Å². The molecule has 1 amide bonds. The minimum Gasteiger partial charge on any atom is -0.507 e. The molecule has 106 valence electrons. The molecule has 8 heteroatoms. The zero-order chi connectivity index (χ0) is 15.3. The molecule has 0 bridgehead atoms. The van der Waals surface area contributed by atoms with Crippen LogP contribution in [0.5, 0.6) is 5.75 Å². The molecule has 0 heterocycles. The van der Waals surface area contributed by atoms with Crippen LogP contribution in [0.2, 0.25) is 0 Å². The third kappa shape index (κ3) is 3.39. The molecule has 0 aliphatic heterocycles. The van der Waals surface area contributed by atoms with Gasteiger partial charge in [-0.05, 0) is 31.5 Å². The van der Waals surface area contributed by atoms with Gasteiger partial charge in [-0.25, -0.2) is 4.79 Å². The first-order valence-electron chi connectivity index (χ1n) is 5.61. The average Bonchev–Trinajstić information content (AvgIpc) is 2.38. The largest absolute Gasteiger partial charge is 0.507 e. The Morgan fingerprint density at radius 1 is 1.45 bits per heavy atom. The third-order valence-electron chi connectivity index (χ3n) is 2.51. The number of methoxy groups -OCH3 is 1. The zero-order valence-corrected chi connectivity index (χ0v) is 11.2. The van der Waals surface area contributed by atoms with Gasteiger partial charge < -0.3 is 15.2 Å². The second kappa shape index (κ2) is 5.94. The van der Waals surface area contributed by atoms with Crippen LogP contribution in [0.3, 0.4) is 0 Å². The summed E-state index contributed by atoms with van der Waals surface area (Å²) in [4.78, 5) is 25.7. The van der Waals surface area contributed by atoms with Crippen molar-refractivity contribution in [3.63, 3.8) is 0 Å². The molecule has 0 saturated carbocycles. The summed E-state index contributed by atoms with van der Waals surface area (Å²) in [5.41, 5.74) is 7.35. The van der Waals surface area contributed by atoms with Crippen LogP contribution >= 0.6 is 0 Å². The number of azide groups is 1. The standard InChI is InChI=1S/C12H14N4O4/c1-12(2,15-16-13)11(19)14-7-4-5-8(9(17)6-7)10(18)20-3/h4-6,17H,1-3H3,(H,14,19). The SMILES string of the molecule is COC(=O)c1ccc(NC(=O)C(C)(C)N=[N+]=[N-])cc1O. The van der Waals surface area contributed by atoms with Crippen molar-refractivity contribution in [2.24, 2.45) is 5.11 Å². The summed E-state index contributed by atoms with van der Waals surface area (Å²) in [6.07, 6.45) is 0. The lowest BCUT2D eigenvalue weighted by atomic mass is 10.1. The van der Waals surface area contributed by atoms with Gasteiger partial charge in [-0.3, -0.25) is 4.79 Å². The number of nitrogens with one attached hydrogen (secondary N) is 1.